The minimum Gasteiger partial charge on any atom is -0.494 e. The van der Waals surface area contributed by atoms with E-state index in [-0.39, 0.29) is 5.41 Å². The number of nitrogens with one attached hydrogen (secondary N) is 1. The molecule has 1 aromatic rings. The number of rotatable bonds is 7. The van der Waals surface area contributed by atoms with Crippen molar-refractivity contribution in [3.8, 4) is 11.5 Å². The fourth-order valence-electron chi connectivity index (χ4n) is 1.63. The van der Waals surface area contributed by atoms with Crippen molar-refractivity contribution in [2.75, 3.05) is 26.8 Å². The maximum Gasteiger partial charge on any atom is 0.123 e. The second kappa shape index (κ2) is 6.50. The lowest BCUT2D eigenvalue weighted by molar-refractivity contribution is 0.178. The molecule has 3 heteroatoms. The molecule has 0 aliphatic rings. The number of hydrogen-bond acceptors (Lipinski definition) is 3. The number of hydrogen-bond donors (Lipinski definition) is 1. The minimum atomic E-state index is 0.121. The zero-order valence-corrected chi connectivity index (χ0v) is 11.2. The van der Waals surface area contributed by atoms with Gasteiger partial charge >= 0.3 is 0 Å². The van der Waals surface area contributed by atoms with Crippen LogP contribution in [0, 0.1) is 5.41 Å². The molecule has 0 fully saturated rings. The molecule has 1 rings (SSSR count). The van der Waals surface area contributed by atoms with Crippen molar-refractivity contribution in [1.29, 1.82) is 0 Å². The molecule has 0 bridgehead atoms. The standard InChI is InChI=1S/C14H23NO2/c1-5-16-12-7-6-8-13(9-12)17-11-14(2,3)10-15-4/h6-9,15H,5,10-11H2,1-4H3. The smallest absolute Gasteiger partial charge is 0.123 e. The minimum absolute atomic E-state index is 0.121. The van der Waals surface area contributed by atoms with Crippen LogP contribution in [0.15, 0.2) is 24.3 Å². The van der Waals surface area contributed by atoms with Gasteiger partial charge in [-0.15, -0.1) is 0 Å². The summed E-state index contributed by atoms with van der Waals surface area (Å²) in [5.74, 6) is 1.72. The second-order valence-electron chi connectivity index (χ2n) is 4.89. The highest BCUT2D eigenvalue weighted by Gasteiger charge is 2.17. The normalized spacial score (nSPS) is 11.3. The van der Waals surface area contributed by atoms with Gasteiger partial charge in [0.25, 0.3) is 0 Å². The van der Waals surface area contributed by atoms with Gasteiger partial charge in [-0.1, -0.05) is 19.9 Å². The van der Waals surface area contributed by atoms with Gasteiger partial charge in [0.2, 0.25) is 0 Å². The average molecular weight is 237 g/mol. The van der Waals surface area contributed by atoms with Gasteiger partial charge in [-0.05, 0) is 26.1 Å². The predicted molar refractivity (Wildman–Crippen MR) is 70.8 cm³/mol. The molecule has 0 saturated heterocycles. The van der Waals surface area contributed by atoms with Crippen LogP contribution in [0.3, 0.4) is 0 Å². The van der Waals surface area contributed by atoms with E-state index in [0.29, 0.717) is 13.2 Å². The van der Waals surface area contributed by atoms with Crippen LogP contribution in [0.1, 0.15) is 20.8 Å². The molecule has 3 nitrogen and oxygen atoms in total. The van der Waals surface area contributed by atoms with E-state index in [1.165, 1.54) is 0 Å². The fraction of sp³-hybridized carbons (Fsp3) is 0.571. The van der Waals surface area contributed by atoms with Gasteiger partial charge in [0, 0.05) is 18.0 Å². The lowest BCUT2D eigenvalue weighted by Crippen LogP contribution is -2.32. The quantitative estimate of drug-likeness (QED) is 0.791. The molecule has 1 aromatic carbocycles. The molecule has 1 N–H and O–H groups in total. The van der Waals surface area contributed by atoms with Crippen molar-refractivity contribution in [2.45, 2.75) is 20.8 Å². The molecule has 0 unspecified atom stereocenters. The molecular formula is C14H23NO2. The fourth-order valence-corrected chi connectivity index (χ4v) is 1.63. The lowest BCUT2D eigenvalue weighted by Gasteiger charge is -2.24. The summed E-state index contributed by atoms with van der Waals surface area (Å²) in [6.07, 6.45) is 0. The Labute approximate surface area is 104 Å². The first-order valence-electron chi connectivity index (χ1n) is 6.07. The highest BCUT2D eigenvalue weighted by molar-refractivity contribution is 5.32. The van der Waals surface area contributed by atoms with Gasteiger partial charge in [0.15, 0.2) is 0 Å². The van der Waals surface area contributed by atoms with E-state index in [2.05, 4.69) is 19.2 Å². The third-order valence-electron chi connectivity index (χ3n) is 2.40. The van der Waals surface area contributed by atoms with E-state index >= 15 is 0 Å². The molecule has 0 aromatic heterocycles. The first-order valence-corrected chi connectivity index (χ1v) is 6.07. The summed E-state index contributed by atoms with van der Waals surface area (Å²) in [7, 11) is 1.96. The van der Waals surface area contributed by atoms with Gasteiger partial charge in [-0.2, -0.15) is 0 Å². The molecule has 17 heavy (non-hydrogen) atoms. The number of ether oxygens (including phenoxy) is 2. The zero-order valence-electron chi connectivity index (χ0n) is 11.2. The summed E-state index contributed by atoms with van der Waals surface area (Å²) in [5.41, 5.74) is 0.121. The van der Waals surface area contributed by atoms with Crippen LogP contribution in [-0.2, 0) is 0 Å². The Morgan fingerprint density at radius 3 is 2.41 bits per heavy atom. The topological polar surface area (TPSA) is 30.5 Å². The number of benzene rings is 1. The molecule has 0 aliphatic heterocycles. The Morgan fingerprint density at radius 1 is 1.18 bits per heavy atom. The van der Waals surface area contributed by atoms with Crippen molar-refractivity contribution >= 4 is 0 Å². The monoisotopic (exact) mass is 237 g/mol. The summed E-state index contributed by atoms with van der Waals surface area (Å²) >= 11 is 0. The maximum atomic E-state index is 5.79. The van der Waals surface area contributed by atoms with E-state index in [1.807, 2.05) is 38.2 Å². The van der Waals surface area contributed by atoms with Gasteiger partial charge in [0.1, 0.15) is 11.5 Å². The molecule has 0 aliphatic carbocycles. The lowest BCUT2D eigenvalue weighted by atomic mass is 9.95. The summed E-state index contributed by atoms with van der Waals surface area (Å²) in [6, 6.07) is 7.78. The van der Waals surface area contributed by atoms with Crippen LogP contribution in [-0.4, -0.2) is 26.8 Å². The molecule has 0 heterocycles. The van der Waals surface area contributed by atoms with Crippen molar-refractivity contribution in [3.05, 3.63) is 24.3 Å². The summed E-state index contributed by atoms with van der Waals surface area (Å²) in [4.78, 5) is 0. The predicted octanol–water partition coefficient (Wildman–Crippen LogP) is 2.71. The Morgan fingerprint density at radius 2 is 1.82 bits per heavy atom. The third-order valence-corrected chi connectivity index (χ3v) is 2.40. The van der Waals surface area contributed by atoms with Gasteiger partial charge < -0.3 is 14.8 Å². The Kier molecular flexibility index (Phi) is 5.29. The molecular weight excluding hydrogens is 214 g/mol. The van der Waals surface area contributed by atoms with Crippen molar-refractivity contribution in [1.82, 2.24) is 5.32 Å². The highest BCUT2D eigenvalue weighted by Crippen LogP contribution is 2.22. The first-order chi connectivity index (χ1) is 8.07. The summed E-state index contributed by atoms with van der Waals surface area (Å²) < 4.78 is 11.2. The molecule has 0 amide bonds. The Bertz CT molecular complexity index is 337. The average Bonchev–Trinajstić information content (AvgIpc) is 2.28. The van der Waals surface area contributed by atoms with E-state index in [0.717, 1.165) is 18.0 Å². The van der Waals surface area contributed by atoms with Crippen LogP contribution in [0.4, 0.5) is 0 Å². The summed E-state index contributed by atoms with van der Waals surface area (Å²) in [6.45, 7) is 8.62. The van der Waals surface area contributed by atoms with Crippen molar-refractivity contribution in [2.24, 2.45) is 5.41 Å². The molecule has 0 radical (unpaired) electrons. The van der Waals surface area contributed by atoms with Gasteiger partial charge in [0.05, 0.1) is 13.2 Å². The van der Waals surface area contributed by atoms with Crippen LogP contribution in [0.25, 0.3) is 0 Å². The SMILES string of the molecule is CCOc1cccc(OCC(C)(C)CNC)c1. The van der Waals surface area contributed by atoms with Crippen LogP contribution >= 0.6 is 0 Å². The van der Waals surface area contributed by atoms with Crippen LogP contribution in [0.5, 0.6) is 11.5 Å². The maximum absolute atomic E-state index is 5.79. The van der Waals surface area contributed by atoms with E-state index in [1.54, 1.807) is 0 Å². The summed E-state index contributed by atoms with van der Waals surface area (Å²) in [5, 5.41) is 3.17. The molecule has 0 saturated carbocycles. The molecule has 96 valence electrons. The molecule has 0 spiro atoms. The van der Waals surface area contributed by atoms with Gasteiger partial charge in [-0.25, -0.2) is 0 Å². The highest BCUT2D eigenvalue weighted by atomic mass is 16.5. The zero-order chi connectivity index (χ0) is 12.7. The van der Waals surface area contributed by atoms with E-state index in [9.17, 15) is 0 Å². The van der Waals surface area contributed by atoms with Crippen LogP contribution in [0.2, 0.25) is 0 Å². The first kappa shape index (κ1) is 13.8. The van der Waals surface area contributed by atoms with Crippen molar-refractivity contribution in [3.63, 3.8) is 0 Å². The largest absolute Gasteiger partial charge is 0.494 e. The molecule has 0 atom stereocenters. The third kappa shape index (κ3) is 5.09. The Balaban J connectivity index is 2.53. The van der Waals surface area contributed by atoms with E-state index in [4.69, 9.17) is 9.47 Å². The van der Waals surface area contributed by atoms with Gasteiger partial charge in [-0.3, -0.25) is 0 Å². The van der Waals surface area contributed by atoms with Crippen LogP contribution < -0.4 is 14.8 Å². The van der Waals surface area contributed by atoms with E-state index < -0.39 is 0 Å². The second-order valence-corrected chi connectivity index (χ2v) is 4.89. The van der Waals surface area contributed by atoms with Crippen molar-refractivity contribution < 1.29 is 9.47 Å². The Hall–Kier alpha value is -1.22.